The Morgan fingerprint density at radius 1 is 0.941 bits per heavy atom. The molecule has 0 N–H and O–H groups in total. The maximum Gasteiger partial charge on any atom is 0.299 e. The molecule has 0 amide bonds. The third-order valence-electron chi connectivity index (χ3n) is 3.12. The highest BCUT2D eigenvalue weighted by Gasteiger charge is 2.44. The molecule has 0 nitrogen and oxygen atoms in total. The molecular weight excluding hydrogens is 242 g/mol. The number of rotatable bonds is 0. The molecule has 2 aromatic carbocycles. The Morgan fingerprint density at radius 3 is 2.24 bits per heavy atom. The Hall–Kier alpha value is -1.41. The van der Waals surface area contributed by atoms with Crippen LogP contribution in [0.1, 0.15) is 16.7 Å². The summed E-state index contributed by atoms with van der Waals surface area (Å²) in [4.78, 5) is 0. The van der Waals surface area contributed by atoms with E-state index >= 15 is 0 Å². The van der Waals surface area contributed by atoms with Crippen LogP contribution in [-0.4, -0.2) is 0 Å². The molecule has 0 saturated heterocycles. The van der Waals surface area contributed by atoms with E-state index < -0.39 is 5.92 Å². The van der Waals surface area contributed by atoms with Crippen molar-refractivity contribution in [2.24, 2.45) is 0 Å². The van der Waals surface area contributed by atoms with Crippen LogP contribution in [0.2, 0.25) is 5.02 Å². The predicted octanol–water partition coefficient (Wildman–Crippen LogP) is 4.77. The Balaban J connectivity index is 2.37. The van der Waals surface area contributed by atoms with E-state index in [1.807, 2.05) is 13.0 Å². The van der Waals surface area contributed by atoms with Gasteiger partial charge in [0.25, 0.3) is 5.92 Å². The molecule has 86 valence electrons. The first-order chi connectivity index (χ1) is 8.00. The second-order valence-electron chi connectivity index (χ2n) is 4.31. The van der Waals surface area contributed by atoms with E-state index in [1.54, 1.807) is 24.3 Å². The third-order valence-corrected chi connectivity index (χ3v) is 3.36. The zero-order valence-electron chi connectivity index (χ0n) is 9.10. The first-order valence-electron chi connectivity index (χ1n) is 5.29. The third kappa shape index (κ3) is 1.40. The lowest BCUT2D eigenvalue weighted by molar-refractivity contribution is 0.0479. The van der Waals surface area contributed by atoms with Crippen molar-refractivity contribution in [2.45, 2.75) is 12.8 Å². The fourth-order valence-corrected chi connectivity index (χ4v) is 2.48. The lowest BCUT2D eigenvalue weighted by atomic mass is 10.0. The second-order valence-corrected chi connectivity index (χ2v) is 4.75. The van der Waals surface area contributed by atoms with Crippen LogP contribution in [0, 0.1) is 6.92 Å². The van der Waals surface area contributed by atoms with Crippen molar-refractivity contribution in [3.8, 4) is 11.1 Å². The number of halogens is 3. The molecule has 0 fully saturated rings. The normalized spacial score (nSPS) is 15.5. The molecule has 1 aliphatic rings. The number of hydrogen-bond donors (Lipinski definition) is 0. The zero-order valence-corrected chi connectivity index (χ0v) is 9.85. The van der Waals surface area contributed by atoms with E-state index in [-0.39, 0.29) is 11.1 Å². The van der Waals surface area contributed by atoms with Crippen LogP contribution in [0.15, 0.2) is 36.4 Å². The van der Waals surface area contributed by atoms with Gasteiger partial charge in [0.15, 0.2) is 0 Å². The molecular formula is C14H9ClF2. The second kappa shape index (κ2) is 3.30. The molecule has 0 bridgehead atoms. The minimum absolute atomic E-state index is 0.00519. The fraction of sp³-hybridized carbons (Fsp3) is 0.143. The zero-order chi connectivity index (χ0) is 12.2. The fourth-order valence-electron chi connectivity index (χ4n) is 2.31. The summed E-state index contributed by atoms with van der Waals surface area (Å²) in [6.45, 7) is 1.81. The van der Waals surface area contributed by atoms with Crippen molar-refractivity contribution in [3.63, 3.8) is 0 Å². The van der Waals surface area contributed by atoms with Crippen molar-refractivity contribution in [1.29, 1.82) is 0 Å². The maximum atomic E-state index is 14.2. The van der Waals surface area contributed by atoms with Crippen molar-refractivity contribution < 1.29 is 8.78 Å². The summed E-state index contributed by atoms with van der Waals surface area (Å²) in [5.41, 5.74) is 2.10. The van der Waals surface area contributed by atoms with Gasteiger partial charge < -0.3 is 0 Å². The molecule has 0 heterocycles. The van der Waals surface area contributed by atoms with Gasteiger partial charge >= 0.3 is 0 Å². The summed E-state index contributed by atoms with van der Waals surface area (Å²) in [5.74, 6) is -2.94. The van der Waals surface area contributed by atoms with Crippen LogP contribution in [0.3, 0.4) is 0 Å². The van der Waals surface area contributed by atoms with Gasteiger partial charge in [0.1, 0.15) is 0 Å². The summed E-state index contributed by atoms with van der Waals surface area (Å²) in [7, 11) is 0. The number of fused-ring (bicyclic) bond motifs is 3. The molecule has 0 spiro atoms. The molecule has 0 saturated carbocycles. The first-order valence-corrected chi connectivity index (χ1v) is 5.67. The van der Waals surface area contributed by atoms with Crippen LogP contribution < -0.4 is 0 Å². The highest BCUT2D eigenvalue weighted by molar-refractivity contribution is 6.30. The summed E-state index contributed by atoms with van der Waals surface area (Å²) in [6, 6.07) is 9.80. The van der Waals surface area contributed by atoms with Gasteiger partial charge in [-0.15, -0.1) is 0 Å². The largest absolute Gasteiger partial charge is 0.299 e. The van der Waals surface area contributed by atoms with Crippen molar-refractivity contribution >= 4 is 11.6 Å². The highest BCUT2D eigenvalue weighted by Crippen LogP contribution is 2.51. The number of hydrogen-bond acceptors (Lipinski definition) is 0. The highest BCUT2D eigenvalue weighted by atomic mass is 35.5. The first kappa shape index (κ1) is 10.7. The van der Waals surface area contributed by atoms with Crippen LogP contribution in [0.25, 0.3) is 11.1 Å². The Labute approximate surface area is 103 Å². The quantitative estimate of drug-likeness (QED) is 0.632. The average molecular weight is 251 g/mol. The Kier molecular flexibility index (Phi) is 2.08. The summed E-state index contributed by atoms with van der Waals surface area (Å²) in [6.07, 6.45) is 0. The smallest absolute Gasteiger partial charge is 0.196 e. The van der Waals surface area contributed by atoms with Crippen molar-refractivity contribution in [2.75, 3.05) is 0 Å². The van der Waals surface area contributed by atoms with Gasteiger partial charge in [-0.1, -0.05) is 35.4 Å². The minimum Gasteiger partial charge on any atom is -0.196 e. The van der Waals surface area contributed by atoms with Crippen molar-refractivity contribution in [3.05, 3.63) is 58.1 Å². The molecule has 3 heteroatoms. The molecule has 0 atom stereocenters. The molecule has 17 heavy (non-hydrogen) atoms. The van der Waals surface area contributed by atoms with Crippen LogP contribution in [0.4, 0.5) is 8.78 Å². The van der Waals surface area contributed by atoms with Gasteiger partial charge in [0.2, 0.25) is 0 Å². The monoisotopic (exact) mass is 250 g/mol. The van der Waals surface area contributed by atoms with Crippen molar-refractivity contribution in [1.82, 2.24) is 0 Å². The lowest BCUT2D eigenvalue weighted by Crippen LogP contribution is -2.10. The summed E-state index contributed by atoms with van der Waals surface area (Å²) >= 11 is 5.79. The minimum atomic E-state index is -2.94. The number of alkyl halides is 2. The van der Waals surface area contributed by atoms with Gasteiger partial charge in [-0.3, -0.25) is 0 Å². The van der Waals surface area contributed by atoms with Gasteiger partial charge in [-0.05, 0) is 36.2 Å². The average Bonchev–Trinajstić information content (AvgIpc) is 2.49. The number of benzene rings is 2. The van der Waals surface area contributed by atoms with Crippen LogP contribution >= 0.6 is 11.6 Å². The predicted molar refractivity (Wildman–Crippen MR) is 64.6 cm³/mol. The molecule has 0 radical (unpaired) electrons. The lowest BCUT2D eigenvalue weighted by Gasteiger charge is -2.12. The van der Waals surface area contributed by atoms with Gasteiger partial charge in [-0.2, -0.15) is 8.78 Å². The molecule has 0 aliphatic heterocycles. The Morgan fingerprint density at radius 2 is 1.53 bits per heavy atom. The molecule has 3 rings (SSSR count). The SMILES string of the molecule is Cc1ccc2c(c1)C(F)(F)c1cc(Cl)ccc1-2. The maximum absolute atomic E-state index is 14.2. The summed E-state index contributed by atoms with van der Waals surface area (Å²) < 4.78 is 28.5. The van der Waals surface area contributed by atoms with E-state index in [0.29, 0.717) is 16.1 Å². The van der Waals surface area contributed by atoms with Crippen LogP contribution in [0.5, 0.6) is 0 Å². The molecule has 0 aromatic heterocycles. The van der Waals surface area contributed by atoms with Crippen LogP contribution in [-0.2, 0) is 5.92 Å². The Bertz CT molecular complexity index is 564. The van der Waals surface area contributed by atoms with E-state index in [0.717, 1.165) is 5.56 Å². The van der Waals surface area contributed by atoms with E-state index in [2.05, 4.69) is 0 Å². The van der Waals surface area contributed by atoms with Gasteiger partial charge in [0.05, 0.1) is 0 Å². The molecule has 2 aromatic rings. The van der Waals surface area contributed by atoms with Gasteiger partial charge in [-0.25, -0.2) is 0 Å². The molecule has 0 unspecified atom stereocenters. The van der Waals surface area contributed by atoms with E-state index in [1.165, 1.54) is 6.07 Å². The van der Waals surface area contributed by atoms with Gasteiger partial charge in [0, 0.05) is 16.1 Å². The van der Waals surface area contributed by atoms with E-state index in [9.17, 15) is 8.78 Å². The molecule has 1 aliphatic carbocycles. The van der Waals surface area contributed by atoms with E-state index in [4.69, 9.17) is 11.6 Å². The summed E-state index contributed by atoms with van der Waals surface area (Å²) in [5, 5.41) is 0.341. The number of aryl methyl sites for hydroxylation is 1. The standard InChI is InChI=1S/C14H9ClF2/c1-8-2-4-10-11-5-3-9(15)7-13(11)14(16,17)12(10)6-8/h2-7H,1H3. The topological polar surface area (TPSA) is 0 Å².